The molecule has 0 fully saturated rings. The summed E-state index contributed by atoms with van der Waals surface area (Å²) >= 11 is 3.36. The zero-order valence-corrected chi connectivity index (χ0v) is 18.7. The van der Waals surface area contributed by atoms with Gasteiger partial charge < -0.3 is 14.6 Å². The van der Waals surface area contributed by atoms with Gasteiger partial charge in [-0.2, -0.15) is 4.99 Å². The van der Waals surface area contributed by atoms with Crippen LogP contribution in [0.3, 0.4) is 0 Å². The number of fused-ring (bicyclic) bond motifs is 1. The largest absolute Gasteiger partial charge is 0.465 e. The standard InChI is InChI=1S/C20H18IN3O4S/c1-3-28-18(26)11-24-16-9-8-13(22-12(2)25)10-17(16)29-20(24)23-19(27)14-6-4-5-7-15(14)21/h4-10H,3,11H2,1-2H3,(H,22,25). The molecule has 150 valence electrons. The topological polar surface area (TPSA) is 89.8 Å². The number of hydrogen-bond acceptors (Lipinski definition) is 5. The normalized spacial score (nSPS) is 11.5. The number of amides is 2. The van der Waals surface area contributed by atoms with Crippen molar-refractivity contribution in [1.29, 1.82) is 0 Å². The van der Waals surface area contributed by atoms with Crippen molar-refractivity contribution in [2.75, 3.05) is 11.9 Å². The molecule has 0 unspecified atom stereocenters. The lowest BCUT2D eigenvalue weighted by molar-refractivity contribution is -0.143. The second-order valence-electron chi connectivity index (χ2n) is 6.04. The average Bonchev–Trinajstić information content (AvgIpc) is 2.98. The van der Waals surface area contributed by atoms with Gasteiger partial charge in [0.2, 0.25) is 5.91 Å². The van der Waals surface area contributed by atoms with E-state index in [-0.39, 0.29) is 25.0 Å². The van der Waals surface area contributed by atoms with Crippen molar-refractivity contribution >= 4 is 67.6 Å². The predicted octanol–water partition coefficient (Wildman–Crippen LogP) is 3.57. The fraction of sp³-hybridized carbons (Fsp3) is 0.200. The highest BCUT2D eigenvalue weighted by Gasteiger charge is 2.14. The highest BCUT2D eigenvalue weighted by molar-refractivity contribution is 14.1. The average molecular weight is 523 g/mol. The van der Waals surface area contributed by atoms with Crippen LogP contribution in [0.1, 0.15) is 24.2 Å². The van der Waals surface area contributed by atoms with Gasteiger partial charge in [-0.15, -0.1) is 0 Å². The van der Waals surface area contributed by atoms with E-state index in [1.165, 1.54) is 18.3 Å². The summed E-state index contributed by atoms with van der Waals surface area (Å²) in [6.07, 6.45) is 0. The Labute approximate surface area is 184 Å². The summed E-state index contributed by atoms with van der Waals surface area (Å²) in [6.45, 7) is 3.37. The van der Waals surface area contributed by atoms with Crippen LogP contribution in [-0.2, 0) is 20.9 Å². The van der Waals surface area contributed by atoms with E-state index in [1.54, 1.807) is 41.8 Å². The molecule has 1 N–H and O–H groups in total. The summed E-state index contributed by atoms with van der Waals surface area (Å²) in [6, 6.07) is 12.5. The number of ether oxygens (including phenoxy) is 1. The van der Waals surface area contributed by atoms with Crippen LogP contribution in [0.5, 0.6) is 0 Å². The molecule has 1 heterocycles. The fourth-order valence-electron chi connectivity index (χ4n) is 2.71. The Morgan fingerprint density at radius 3 is 2.66 bits per heavy atom. The SMILES string of the molecule is CCOC(=O)Cn1c(=NC(=O)c2ccccc2I)sc2cc(NC(C)=O)ccc21. The Balaban J connectivity index is 2.12. The van der Waals surface area contributed by atoms with Gasteiger partial charge in [-0.3, -0.25) is 14.4 Å². The van der Waals surface area contributed by atoms with E-state index < -0.39 is 5.97 Å². The zero-order chi connectivity index (χ0) is 21.0. The molecular formula is C20H18IN3O4S. The van der Waals surface area contributed by atoms with Crippen LogP contribution in [0, 0.1) is 3.57 Å². The van der Waals surface area contributed by atoms with Crippen LogP contribution < -0.4 is 10.1 Å². The number of esters is 1. The summed E-state index contributed by atoms with van der Waals surface area (Å²) in [7, 11) is 0. The molecule has 1 aromatic heterocycles. The van der Waals surface area contributed by atoms with Crippen LogP contribution >= 0.6 is 33.9 Å². The third-order valence-electron chi connectivity index (χ3n) is 3.90. The number of thiazole rings is 1. The minimum absolute atomic E-state index is 0.0642. The van der Waals surface area contributed by atoms with Crippen LogP contribution in [0.2, 0.25) is 0 Å². The second kappa shape index (κ2) is 9.31. The Morgan fingerprint density at radius 2 is 1.97 bits per heavy atom. The maximum atomic E-state index is 12.7. The summed E-state index contributed by atoms with van der Waals surface area (Å²) in [4.78, 5) is 40.8. The molecule has 3 aromatic rings. The van der Waals surface area contributed by atoms with E-state index in [2.05, 4.69) is 32.9 Å². The van der Waals surface area contributed by atoms with Gasteiger partial charge in [-0.1, -0.05) is 23.5 Å². The number of benzene rings is 2. The number of halogens is 1. The summed E-state index contributed by atoms with van der Waals surface area (Å²) in [5, 5.41) is 2.73. The maximum Gasteiger partial charge on any atom is 0.326 e. The van der Waals surface area contributed by atoms with Crippen LogP contribution in [0.25, 0.3) is 10.2 Å². The molecule has 0 bridgehead atoms. The van der Waals surface area contributed by atoms with Crippen molar-refractivity contribution in [2.45, 2.75) is 20.4 Å². The molecule has 0 aliphatic heterocycles. The van der Waals surface area contributed by atoms with Gasteiger partial charge in [-0.05, 0) is 59.8 Å². The van der Waals surface area contributed by atoms with Gasteiger partial charge >= 0.3 is 5.97 Å². The van der Waals surface area contributed by atoms with E-state index in [0.29, 0.717) is 16.1 Å². The quantitative estimate of drug-likeness (QED) is 0.409. The number of hydrogen-bond donors (Lipinski definition) is 1. The van der Waals surface area contributed by atoms with Gasteiger partial charge in [0.1, 0.15) is 6.54 Å². The first-order valence-corrected chi connectivity index (χ1v) is 10.7. The van der Waals surface area contributed by atoms with Gasteiger partial charge in [0.05, 0.1) is 22.4 Å². The third kappa shape index (κ3) is 5.10. The first kappa shape index (κ1) is 21.2. The van der Waals surface area contributed by atoms with Crippen molar-refractivity contribution in [3.63, 3.8) is 0 Å². The summed E-state index contributed by atoms with van der Waals surface area (Å²) in [5.41, 5.74) is 1.85. The lowest BCUT2D eigenvalue weighted by Gasteiger charge is -2.06. The molecule has 0 radical (unpaired) electrons. The van der Waals surface area contributed by atoms with E-state index in [0.717, 1.165) is 13.8 Å². The smallest absolute Gasteiger partial charge is 0.326 e. The monoisotopic (exact) mass is 523 g/mol. The molecule has 9 heteroatoms. The molecule has 0 spiro atoms. The summed E-state index contributed by atoms with van der Waals surface area (Å²) in [5.74, 6) is -0.985. The molecule has 0 aliphatic carbocycles. The molecule has 29 heavy (non-hydrogen) atoms. The van der Waals surface area contributed by atoms with Crippen LogP contribution in [0.15, 0.2) is 47.5 Å². The molecule has 7 nitrogen and oxygen atoms in total. The summed E-state index contributed by atoms with van der Waals surface area (Å²) < 4.78 is 8.30. The lowest BCUT2D eigenvalue weighted by Crippen LogP contribution is -2.23. The number of nitrogens with zero attached hydrogens (tertiary/aromatic N) is 2. The number of nitrogens with one attached hydrogen (secondary N) is 1. The van der Waals surface area contributed by atoms with Crippen molar-refractivity contribution in [3.8, 4) is 0 Å². The van der Waals surface area contributed by atoms with Crippen molar-refractivity contribution in [3.05, 3.63) is 56.4 Å². The van der Waals surface area contributed by atoms with Gasteiger partial charge in [-0.25, -0.2) is 0 Å². The molecule has 3 rings (SSSR count). The molecule has 2 aromatic carbocycles. The van der Waals surface area contributed by atoms with E-state index in [4.69, 9.17) is 4.74 Å². The van der Waals surface area contributed by atoms with E-state index >= 15 is 0 Å². The van der Waals surface area contributed by atoms with Gasteiger partial charge in [0, 0.05) is 16.2 Å². The molecule has 0 saturated carbocycles. The Morgan fingerprint density at radius 1 is 1.21 bits per heavy atom. The van der Waals surface area contributed by atoms with E-state index in [1.807, 2.05) is 12.1 Å². The first-order valence-electron chi connectivity index (χ1n) is 8.79. The van der Waals surface area contributed by atoms with Crippen molar-refractivity contribution < 1.29 is 19.1 Å². The minimum atomic E-state index is -0.415. The van der Waals surface area contributed by atoms with E-state index in [9.17, 15) is 14.4 Å². The highest BCUT2D eigenvalue weighted by atomic mass is 127. The van der Waals surface area contributed by atoms with Gasteiger partial charge in [0.15, 0.2) is 4.80 Å². The Bertz CT molecular complexity index is 1170. The maximum absolute atomic E-state index is 12.7. The Kier molecular flexibility index (Phi) is 6.80. The molecular weight excluding hydrogens is 505 g/mol. The van der Waals surface area contributed by atoms with Crippen molar-refractivity contribution in [2.24, 2.45) is 4.99 Å². The van der Waals surface area contributed by atoms with Crippen molar-refractivity contribution in [1.82, 2.24) is 4.57 Å². The number of carbonyl (C=O) groups excluding carboxylic acids is 3. The van der Waals surface area contributed by atoms with Gasteiger partial charge in [0.25, 0.3) is 5.91 Å². The minimum Gasteiger partial charge on any atom is -0.465 e. The third-order valence-corrected chi connectivity index (χ3v) is 5.88. The fourth-order valence-corrected chi connectivity index (χ4v) is 4.39. The lowest BCUT2D eigenvalue weighted by atomic mass is 10.2. The molecule has 0 atom stereocenters. The van der Waals surface area contributed by atoms with Crippen LogP contribution in [-0.4, -0.2) is 29.0 Å². The highest BCUT2D eigenvalue weighted by Crippen LogP contribution is 2.22. The second-order valence-corrected chi connectivity index (χ2v) is 8.21. The number of carbonyl (C=O) groups is 3. The number of aromatic nitrogens is 1. The zero-order valence-electron chi connectivity index (χ0n) is 15.8. The Hall–Kier alpha value is -2.53. The molecule has 2 amide bonds. The molecule has 0 saturated heterocycles. The molecule has 0 aliphatic rings. The number of anilines is 1. The number of rotatable bonds is 5. The van der Waals surface area contributed by atoms with Crippen LogP contribution in [0.4, 0.5) is 5.69 Å². The predicted molar refractivity (Wildman–Crippen MR) is 120 cm³/mol. The first-order chi connectivity index (χ1) is 13.9.